The number of nitrogens with one attached hydrogen (secondary N) is 2. The van der Waals surface area contributed by atoms with Crippen molar-refractivity contribution in [2.24, 2.45) is 5.73 Å². The molecule has 0 radical (unpaired) electrons. The van der Waals surface area contributed by atoms with Gasteiger partial charge in [0.15, 0.2) is 0 Å². The van der Waals surface area contributed by atoms with Gasteiger partial charge in [0.25, 0.3) is 0 Å². The fourth-order valence-corrected chi connectivity index (χ4v) is 0.814. The normalized spacial score (nSPS) is 13.1. The summed E-state index contributed by atoms with van der Waals surface area (Å²) in [6, 6.07) is -1.63. The number of aliphatic hydroxyl groups excluding tert-OH is 2. The number of carbonyl (C=O) groups excluding carboxylic acids is 2. The maximum absolute atomic E-state index is 11.4. The minimum atomic E-state index is -1.11. The van der Waals surface area contributed by atoms with E-state index < -0.39 is 36.7 Å². The summed E-state index contributed by atoms with van der Waals surface area (Å²) in [4.78, 5) is 21.9. The van der Waals surface area contributed by atoms with E-state index in [1.165, 1.54) is 13.8 Å². The van der Waals surface area contributed by atoms with E-state index in [2.05, 4.69) is 10.6 Å². The number of nitrogens with two attached hydrogens (primary N) is 1. The number of urea groups is 1. The fraction of sp³-hybridized carbons (Fsp3) is 0.750. The van der Waals surface area contributed by atoms with Crippen LogP contribution in [0.3, 0.4) is 0 Å². The van der Waals surface area contributed by atoms with Crippen molar-refractivity contribution in [3.63, 3.8) is 0 Å². The van der Waals surface area contributed by atoms with Crippen LogP contribution in [0, 0.1) is 0 Å². The number of hydrogen-bond donors (Lipinski definition) is 5. The molecule has 0 fully saturated rings. The summed E-state index contributed by atoms with van der Waals surface area (Å²) in [7, 11) is 0. The minimum absolute atomic E-state index is 0.404. The molecule has 0 aromatic rings. The third-order valence-corrected chi connectivity index (χ3v) is 1.87. The van der Waals surface area contributed by atoms with Gasteiger partial charge in [-0.25, -0.2) is 4.79 Å². The largest absolute Gasteiger partial charge is 0.394 e. The van der Waals surface area contributed by atoms with E-state index >= 15 is 0 Å². The molecule has 0 spiro atoms. The maximum Gasteiger partial charge on any atom is 0.312 e. The monoisotopic (exact) mass is 219 g/mol. The van der Waals surface area contributed by atoms with Crippen LogP contribution in [0.5, 0.6) is 0 Å². The third kappa shape index (κ3) is 4.61. The smallest absolute Gasteiger partial charge is 0.312 e. The highest BCUT2D eigenvalue weighted by molar-refractivity contribution is 5.86. The van der Waals surface area contributed by atoms with Gasteiger partial charge in [0.1, 0.15) is 6.04 Å². The van der Waals surface area contributed by atoms with Crippen LogP contribution in [0.2, 0.25) is 0 Å². The quantitative estimate of drug-likeness (QED) is 0.363. The third-order valence-electron chi connectivity index (χ3n) is 1.87. The molecule has 88 valence electrons. The number of hydrogen-bond acceptors (Lipinski definition) is 4. The predicted molar refractivity (Wildman–Crippen MR) is 52.9 cm³/mol. The Balaban J connectivity index is 4.28. The number of amides is 3. The van der Waals surface area contributed by atoms with Gasteiger partial charge in [-0.15, -0.1) is 0 Å². The molecule has 0 saturated carbocycles. The van der Waals surface area contributed by atoms with Crippen molar-refractivity contribution in [3.05, 3.63) is 0 Å². The molecule has 0 bridgehead atoms. The molecule has 0 rings (SSSR count). The highest BCUT2D eigenvalue weighted by Gasteiger charge is 2.27. The van der Waals surface area contributed by atoms with Crippen LogP contribution in [0.1, 0.15) is 13.8 Å². The van der Waals surface area contributed by atoms with Crippen molar-refractivity contribution in [1.82, 2.24) is 10.6 Å². The van der Waals surface area contributed by atoms with E-state index in [4.69, 9.17) is 15.9 Å². The van der Waals surface area contributed by atoms with E-state index in [0.29, 0.717) is 0 Å². The van der Waals surface area contributed by atoms with Crippen molar-refractivity contribution >= 4 is 11.9 Å². The van der Waals surface area contributed by atoms with Crippen LogP contribution in [-0.4, -0.2) is 46.9 Å². The van der Waals surface area contributed by atoms with Crippen molar-refractivity contribution < 1.29 is 19.8 Å². The molecule has 0 saturated heterocycles. The topological polar surface area (TPSA) is 125 Å². The number of carbonyl (C=O) groups is 2. The second-order valence-electron chi connectivity index (χ2n) is 3.60. The van der Waals surface area contributed by atoms with Crippen molar-refractivity contribution in [2.75, 3.05) is 13.2 Å². The maximum atomic E-state index is 11.4. The van der Waals surface area contributed by atoms with Gasteiger partial charge in [0, 0.05) is 0 Å². The Kier molecular flexibility index (Phi) is 5.03. The summed E-state index contributed by atoms with van der Waals surface area (Å²) < 4.78 is 0. The number of primary amides is 1. The Morgan fingerprint density at radius 2 is 1.87 bits per heavy atom. The first kappa shape index (κ1) is 13.7. The highest BCUT2D eigenvalue weighted by Crippen LogP contribution is 2.01. The second kappa shape index (κ2) is 5.52. The van der Waals surface area contributed by atoms with Crippen molar-refractivity contribution in [3.8, 4) is 0 Å². The average Bonchev–Trinajstić information content (AvgIpc) is 2.16. The van der Waals surface area contributed by atoms with Crippen LogP contribution in [-0.2, 0) is 4.79 Å². The second-order valence-corrected chi connectivity index (χ2v) is 3.60. The van der Waals surface area contributed by atoms with E-state index in [-0.39, 0.29) is 0 Å². The van der Waals surface area contributed by atoms with E-state index in [1.54, 1.807) is 0 Å². The lowest BCUT2D eigenvalue weighted by molar-refractivity contribution is -0.125. The Bertz CT molecular complexity index is 240. The first-order chi connectivity index (χ1) is 6.84. The van der Waals surface area contributed by atoms with Gasteiger partial charge >= 0.3 is 6.03 Å². The van der Waals surface area contributed by atoms with Crippen LogP contribution in [0.4, 0.5) is 4.79 Å². The Hall–Kier alpha value is -1.34. The molecule has 0 heterocycles. The summed E-state index contributed by atoms with van der Waals surface area (Å²) in [6.07, 6.45) is 0. The summed E-state index contributed by atoms with van der Waals surface area (Å²) >= 11 is 0. The molecular weight excluding hydrogens is 202 g/mol. The highest BCUT2D eigenvalue weighted by atomic mass is 16.3. The summed E-state index contributed by atoms with van der Waals surface area (Å²) in [5.74, 6) is -0.528. The zero-order valence-electron chi connectivity index (χ0n) is 8.78. The lowest BCUT2D eigenvalue weighted by Gasteiger charge is -2.27. The van der Waals surface area contributed by atoms with Crippen LogP contribution in [0.25, 0.3) is 0 Å². The van der Waals surface area contributed by atoms with E-state index in [1.807, 2.05) is 0 Å². The van der Waals surface area contributed by atoms with Crippen molar-refractivity contribution in [1.29, 1.82) is 0 Å². The molecule has 0 aliphatic carbocycles. The van der Waals surface area contributed by atoms with E-state index in [9.17, 15) is 9.59 Å². The van der Waals surface area contributed by atoms with Gasteiger partial charge in [-0.2, -0.15) is 0 Å². The molecule has 1 atom stereocenters. The lowest BCUT2D eigenvalue weighted by Crippen LogP contribution is -2.57. The standard InChI is InChI=1S/C8H17N3O4/c1-5(10-7(9)15)6(14)11-8(2,3-12)4-13/h5,12-13H,3-4H2,1-2H3,(H,11,14)(H3,9,10,15). The van der Waals surface area contributed by atoms with Crippen molar-refractivity contribution in [2.45, 2.75) is 25.4 Å². The Morgan fingerprint density at radius 1 is 1.40 bits per heavy atom. The fourth-order valence-electron chi connectivity index (χ4n) is 0.814. The van der Waals surface area contributed by atoms with Gasteiger partial charge in [-0.3, -0.25) is 4.79 Å². The summed E-state index contributed by atoms with van der Waals surface area (Å²) in [5, 5.41) is 22.4. The molecule has 7 nitrogen and oxygen atoms in total. The van der Waals surface area contributed by atoms with Crippen LogP contribution >= 0.6 is 0 Å². The zero-order chi connectivity index (χ0) is 12.1. The Morgan fingerprint density at radius 3 is 2.20 bits per heavy atom. The molecule has 7 heteroatoms. The van der Waals surface area contributed by atoms with E-state index in [0.717, 1.165) is 0 Å². The van der Waals surface area contributed by atoms with Gasteiger partial charge in [0.2, 0.25) is 5.91 Å². The summed E-state index contributed by atoms with van der Waals surface area (Å²) in [5.41, 5.74) is 3.72. The molecule has 0 aliphatic rings. The van der Waals surface area contributed by atoms with Crippen LogP contribution in [0.15, 0.2) is 0 Å². The average molecular weight is 219 g/mol. The first-order valence-corrected chi connectivity index (χ1v) is 4.44. The number of aliphatic hydroxyl groups is 2. The molecule has 0 aromatic heterocycles. The predicted octanol–water partition coefficient (Wildman–Crippen LogP) is -2.10. The molecule has 15 heavy (non-hydrogen) atoms. The molecule has 6 N–H and O–H groups in total. The minimum Gasteiger partial charge on any atom is -0.394 e. The molecule has 1 unspecified atom stereocenters. The van der Waals surface area contributed by atoms with Gasteiger partial charge in [-0.1, -0.05) is 0 Å². The molecular formula is C8H17N3O4. The lowest BCUT2D eigenvalue weighted by atomic mass is 10.1. The number of rotatable bonds is 5. The molecule has 3 amide bonds. The Labute approximate surface area is 87.6 Å². The molecule has 0 aliphatic heterocycles. The van der Waals surface area contributed by atoms with Gasteiger partial charge in [-0.05, 0) is 13.8 Å². The molecule has 0 aromatic carbocycles. The van der Waals surface area contributed by atoms with Gasteiger partial charge in [0.05, 0.1) is 18.8 Å². The SMILES string of the molecule is CC(NC(N)=O)C(=O)NC(C)(CO)CO. The first-order valence-electron chi connectivity index (χ1n) is 4.44. The van der Waals surface area contributed by atoms with Crippen LogP contribution < -0.4 is 16.4 Å². The van der Waals surface area contributed by atoms with Gasteiger partial charge < -0.3 is 26.6 Å². The zero-order valence-corrected chi connectivity index (χ0v) is 8.78. The summed E-state index contributed by atoms with van der Waals surface area (Å²) in [6.45, 7) is 2.11.